The van der Waals surface area contributed by atoms with E-state index in [2.05, 4.69) is 39.8 Å². The first kappa shape index (κ1) is 17.1. The second-order valence-electron chi connectivity index (χ2n) is 8.82. The third-order valence-corrected chi connectivity index (χ3v) is 6.54. The van der Waals surface area contributed by atoms with Gasteiger partial charge in [-0.25, -0.2) is 0 Å². The number of rotatable bonds is 1. The molecule has 0 aliphatic carbocycles. The van der Waals surface area contributed by atoms with E-state index < -0.39 is 18.3 Å². The Morgan fingerprint density at radius 1 is 0.621 bits per heavy atom. The molecular formula is C24H21BO4. The summed E-state index contributed by atoms with van der Waals surface area (Å²) in [5.74, 6) is 0. The predicted molar refractivity (Wildman–Crippen MR) is 117 cm³/mol. The van der Waals surface area contributed by atoms with Crippen LogP contribution in [0.4, 0.5) is 0 Å². The SMILES string of the molecule is CC1(C)OB(c2cccc3c2oc2ccc4oc5ccccc5c4c23)OC1(C)C. The highest BCUT2D eigenvalue weighted by Crippen LogP contribution is 2.41. The molecule has 1 fully saturated rings. The number of hydrogen-bond acceptors (Lipinski definition) is 4. The molecule has 3 heterocycles. The van der Waals surface area contributed by atoms with E-state index in [4.69, 9.17) is 18.1 Å². The minimum Gasteiger partial charge on any atom is -0.456 e. The third-order valence-electron chi connectivity index (χ3n) is 6.54. The molecule has 0 radical (unpaired) electrons. The Balaban J connectivity index is 1.66. The van der Waals surface area contributed by atoms with Crippen molar-refractivity contribution in [3.05, 3.63) is 54.6 Å². The lowest BCUT2D eigenvalue weighted by atomic mass is 9.78. The normalized spacial score (nSPS) is 18.6. The molecule has 1 aliphatic rings. The van der Waals surface area contributed by atoms with Crippen molar-refractivity contribution in [1.82, 2.24) is 0 Å². The Kier molecular flexibility index (Phi) is 3.21. The lowest BCUT2D eigenvalue weighted by Gasteiger charge is -2.32. The van der Waals surface area contributed by atoms with Crippen LogP contribution in [0.25, 0.3) is 43.9 Å². The molecule has 5 aromatic rings. The van der Waals surface area contributed by atoms with Crippen LogP contribution in [0.1, 0.15) is 27.7 Å². The largest absolute Gasteiger partial charge is 0.498 e. The second-order valence-corrected chi connectivity index (χ2v) is 8.82. The average Bonchev–Trinajstić information content (AvgIpc) is 3.30. The zero-order chi connectivity index (χ0) is 20.0. The van der Waals surface area contributed by atoms with Gasteiger partial charge in [-0.2, -0.15) is 0 Å². The summed E-state index contributed by atoms with van der Waals surface area (Å²) in [4.78, 5) is 0. The second kappa shape index (κ2) is 5.44. The molecule has 144 valence electrons. The van der Waals surface area contributed by atoms with Gasteiger partial charge in [0, 0.05) is 27.0 Å². The smallest absolute Gasteiger partial charge is 0.456 e. The van der Waals surface area contributed by atoms with Gasteiger partial charge in [0.15, 0.2) is 0 Å². The maximum Gasteiger partial charge on any atom is 0.498 e. The highest BCUT2D eigenvalue weighted by atomic mass is 16.7. The van der Waals surface area contributed by atoms with E-state index in [-0.39, 0.29) is 0 Å². The van der Waals surface area contributed by atoms with Gasteiger partial charge < -0.3 is 18.1 Å². The first-order valence-corrected chi connectivity index (χ1v) is 9.97. The van der Waals surface area contributed by atoms with Crippen LogP contribution < -0.4 is 5.46 Å². The van der Waals surface area contributed by atoms with Crippen LogP contribution in [0.3, 0.4) is 0 Å². The molecule has 29 heavy (non-hydrogen) atoms. The molecule has 1 aliphatic heterocycles. The van der Waals surface area contributed by atoms with Crippen LogP contribution in [0, 0.1) is 0 Å². The molecule has 0 unspecified atom stereocenters. The lowest BCUT2D eigenvalue weighted by molar-refractivity contribution is 0.00578. The van der Waals surface area contributed by atoms with Crippen molar-refractivity contribution >= 4 is 56.5 Å². The Labute approximate surface area is 168 Å². The average molecular weight is 384 g/mol. The van der Waals surface area contributed by atoms with Crippen molar-refractivity contribution in [1.29, 1.82) is 0 Å². The molecule has 5 heteroatoms. The van der Waals surface area contributed by atoms with Crippen LogP contribution in [0.15, 0.2) is 63.4 Å². The van der Waals surface area contributed by atoms with Crippen molar-refractivity contribution in [2.45, 2.75) is 38.9 Å². The van der Waals surface area contributed by atoms with E-state index in [1.165, 1.54) is 0 Å². The zero-order valence-electron chi connectivity index (χ0n) is 16.9. The van der Waals surface area contributed by atoms with Gasteiger partial charge in [0.2, 0.25) is 0 Å². The molecule has 2 aromatic heterocycles. The summed E-state index contributed by atoms with van der Waals surface area (Å²) in [5, 5.41) is 4.30. The number of para-hydroxylation sites is 2. The van der Waals surface area contributed by atoms with E-state index >= 15 is 0 Å². The minimum atomic E-state index is -0.471. The lowest BCUT2D eigenvalue weighted by Crippen LogP contribution is -2.41. The summed E-state index contributed by atoms with van der Waals surface area (Å²) in [6, 6.07) is 18.2. The van der Waals surface area contributed by atoms with Gasteiger partial charge in [0.05, 0.1) is 11.2 Å². The quantitative estimate of drug-likeness (QED) is 0.344. The van der Waals surface area contributed by atoms with E-state index in [1.54, 1.807) is 0 Å². The number of fused-ring (bicyclic) bond motifs is 7. The van der Waals surface area contributed by atoms with Gasteiger partial charge in [-0.05, 0) is 45.9 Å². The molecule has 0 spiro atoms. The number of benzene rings is 3. The Bertz CT molecular complexity index is 1410. The highest BCUT2D eigenvalue weighted by molar-refractivity contribution is 6.65. The summed E-state index contributed by atoms with van der Waals surface area (Å²) >= 11 is 0. The van der Waals surface area contributed by atoms with Crippen molar-refractivity contribution in [3.63, 3.8) is 0 Å². The Morgan fingerprint density at radius 2 is 1.24 bits per heavy atom. The van der Waals surface area contributed by atoms with Crippen LogP contribution >= 0.6 is 0 Å². The van der Waals surface area contributed by atoms with Gasteiger partial charge in [-0.3, -0.25) is 0 Å². The van der Waals surface area contributed by atoms with E-state index in [1.807, 2.05) is 42.5 Å². The van der Waals surface area contributed by atoms with Crippen LogP contribution in [-0.4, -0.2) is 18.3 Å². The monoisotopic (exact) mass is 384 g/mol. The molecule has 0 bridgehead atoms. The van der Waals surface area contributed by atoms with Gasteiger partial charge in [0.1, 0.15) is 22.3 Å². The van der Waals surface area contributed by atoms with Crippen LogP contribution in [0.5, 0.6) is 0 Å². The number of hydrogen-bond donors (Lipinski definition) is 0. The first-order valence-electron chi connectivity index (χ1n) is 9.97. The fraction of sp³-hybridized carbons (Fsp3) is 0.250. The summed E-state index contributed by atoms with van der Waals surface area (Å²) in [7, 11) is -0.471. The Morgan fingerprint density at radius 3 is 2.00 bits per heavy atom. The molecule has 3 aromatic carbocycles. The van der Waals surface area contributed by atoms with Gasteiger partial charge >= 0.3 is 7.12 Å². The molecule has 0 N–H and O–H groups in total. The van der Waals surface area contributed by atoms with Crippen LogP contribution in [-0.2, 0) is 9.31 Å². The fourth-order valence-electron chi connectivity index (χ4n) is 4.28. The molecule has 0 saturated carbocycles. The molecule has 4 nitrogen and oxygen atoms in total. The van der Waals surface area contributed by atoms with E-state index in [0.29, 0.717) is 0 Å². The molecule has 0 amide bonds. The first-order chi connectivity index (χ1) is 13.9. The summed E-state index contributed by atoms with van der Waals surface area (Å²) < 4.78 is 25.0. The fourth-order valence-corrected chi connectivity index (χ4v) is 4.28. The van der Waals surface area contributed by atoms with Crippen LogP contribution in [0.2, 0.25) is 0 Å². The summed E-state index contributed by atoms with van der Waals surface area (Å²) in [6.45, 7) is 8.25. The van der Waals surface area contributed by atoms with Crippen molar-refractivity contribution in [2.24, 2.45) is 0 Å². The summed E-state index contributed by atoms with van der Waals surface area (Å²) in [6.07, 6.45) is 0. The molecule has 0 atom stereocenters. The van der Waals surface area contributed by atoms with Crippen molar-refractivity contribution in [2.75, 3.05) is 0 Å². The maximum absolute atomic E-state index is 6.36. The molecule has 6 rings (SSSR count). The topological polar surface area (TPSA) is 44.7 Å². The van der Waals surface area contributed by atoms with E-state index in [0.717, 1.165) is 49.3 Å². The zero-order valence-corrected chi connectivity index (χ0v) is 16.9. The molecule has 1 saturated heterocycles. The standard InChI is InChI=1S/C24H21BO4/c1-23(2)24(3,4)29-25(28-23)16-10-7-9-15-21-19(27-22(15)16)13-12-18-20(21)14-8-5-6-11-17(14)26-18/h5-13H,1-4H3. The highest BCUT2D eigenvalue weighted by Gasteiger charge is 2.52. The molecular weight excluding hydrogens is 363 g/mol. The predicted octanol–water partition coefficient (Wildman–Crippen LogP) is 5.78. The summed E-state index contributed by atoms with van der Waals surface area (Å²) in [5.41, 5.74) is 3.49. The van der Waals surface area contributed by atoms with Gasteiger partial charge in [-0.15, -0.1) is 0 Å². The van der Waals surface area contributed by atoms with Gasteiger partial charge in [-0.1, -0.05) is 36.4 Å². The third kappa shape index (κ3) is 2.23. The number of furan rings is 2. The van der Waals surface area contributed by atoms with E-state index in [9.17, 15) is 0 Å². The van der Waals surface area contributed by atoms with Gasteiger partial charge in [0.25, 0.3) is 0 Å². The van der Waals surface area contributed by atoms with Crippen molar-refractivity contribution in [3.8, 4) is 0 Å². The minimum absolute atomic E-state index is 0.403. The van der Waals surface area contributed by atoms with Crippen molar-refractivity contribution < 1.29 is 18.1 Å². The Hall–Kier alpha value is -2.76. The maximum atomic E-state index is 6.36.